The summed E-state index contributed by atoms with van der Waals surface area (Å²) >= 11 is 0. The molecular weight excluding hydrogens is 318 g/mol. The highest BCUT2D eigenvalue weighted by Crippen LogP contribution is 2.25. The molecule has 0 aliphatic carbocycles. The Morgan fingerprint density at radius 1 is 1.22 bits per heavy atom. The molecule has 0 saturated carbocycles. The van der Waals surface area contributed by atoms with Crippen LogP contribution in [0.1, 0.15) is 5.56 Å². The fraction of sp³-hybridized carbons (Fsp3) is 0.533. The van der Waals surface area contributed by atoms with Crippen molar-refractivity contribution in [1.29, 1.82) is 0 Å². The van der Waals surface area contributed by atoms with Crippen molar-refractivity contribution in [3.05, 3.63) is 29.8 Å². The molecule has 2 aliphatic rings. The minimum absolute atomic E-state index is 0.154. The van der Waals surface area contributed by atoms with Gasteiger partial charge >= 0.3 is 6.03 Å². The zero-order valence-corrected chi connectivity index (χ0v) is 14.0. The van der Waals surface area contributed by atoms with E-state index in [-0.39, 0.29) is 31.3 Å². The van der Waals surface area contributed by atoms with Crippen LogP contribution in [-0.2, 0) is 14.8 Å². The number of urea groups is 1. The molecule has 8 heteroatoms. The van der Waals surface area contributed by atoms with Gasteiger partial charge in [-0.2, -0.15) is 4.31 Å². The molecule has 0 unspecified atom stereocenters. The summed E-state index contributed by atoms with van der Waals surface area (Å²) in [5, 5.41) is 2.60. The highest BCUT2D eigenvalue weighted by molar-refractivity contribution is 7.89. The fourth-order valence-electron chi connectivity index (χ4n) is 3.10. The van der Waals surface area contributed by atoms with E-state index in [0.717, 1.165) is 5.56 Å². The zero-order chi connectivity index (χ0) is 16.6. The van der Waals surface area contributed by atoms with Gasteiger partial charge in [-0.3, -0.25) is 0 Å². The van der Waals surface area contributed by atoms with Crippen molar-refractivity contribution in [2.45, 2.75) is 24.0 Å². The molecule has 126 valence electrons. The van der Waals surface area contributed by atoms with Crippen molar-refractivity contribution < 1.29 is 17.9 Å². The first-order valence-electron chi connectivity index (χ1n) is 7.59. The number of hydrogen-bond donors (Lipinski definition) is 1. The molecule has 3 rings (SSSR count). The highest BCUT2D eigenvalue weighted by Gasteiger charge is 2.40. The smallest absolute Gasteiger partial charge is 0.317 e. The van der Waals surface area contributed by atoms with Crippen LogP contribution in [0.4, 0.5) is 4.79 Å². The monoisotopic (exact) mass is 339 g/mol. The van der Waals surface area contributed by atoms with Gasteiger partial charge in [0.25, 0.3) is 0 Å². The Hall–Kier alpha value is -1.64. The summed E-state index contributed by atoms with van der Waals surface area (Å²) in [5.74, 6) is 0. The van der Waals surface area contributed by atoms with Crippen LogP contribution in [0.15, 0.2) is 29.2 Å². The Bertz CT molecular complexity index is 692. The summed E-state index contributed by atoms with van der Waals surface area (Å²) in [6.07, 6.45) is -0.584. The SMILES string of the molecule is CNC(=O)N1C[C@@H]2CN(S(=O)(=O)c3cccc(C)c3)C[C@H](C1)O2. The van der Waals surface area contributed by atoms with E-state index in [1.807, 2.05) is 13.0 Å². The van der Waals surface area contributed by atoms with Crippen LogP contribution < -0.4 is 5.32 Å². The molecule has 0 spiro atoms. The molecule has 2 atom stereocenters. The maximum Gasteiger partial charge on any atom is 0.317 e. The number of nitrogens with one attached hydrogen (secondary N) is 1. The van der Waals surface area contributed by atoms with Gasteiger partial charge in [-0.1, -0.05) is 12.1 Å². The Kier molecular flexibility index (Phi) is 4.31. The molecule has 0 aromatic heterocycles. The van der Waals surface area contributed by atoms with E-state index in [1.54, 1.807) is 30.1 Å². The molecule has 2 amide bonds. The summed E-state index contributed by atoms with van der Waals surface area (Å²) in [6.45, 7) is 3.20. The molecule has 23 heavy (non-hydrogen) atoms. The number of carbonyl (C=O) groups is 1. The van der Waals surface area contributed by atoms with E-state index in [1.165, 1.54) is 4.31 Å². The van der Waals surface area contributed by atoms with Gasteiger partial charge in [0.2, 0.25) is 10.0 Å². The molecule has 1 N–H and O–H groups in total. The van der Waals surface area contributed by atoms with Gasteiger partial charge in [-0.05, 0) is 24.6 Å². The van der Waals surface area contributed by atoms with E-state index in [2.05, 4.69) is 5.32 Å². The Balaban J connectivity index is 1.78. The third-order valence-corrected chi connectivity index (χ3v) is 6.00. The van der Waals surface area contributed by atoms with Crippen molar-refractivity contribution in [1.82, 2.24) is 14.5 Å². The summed E-state index contributed by atoms with van der Waals surface area (Å²) in [4.78, 5) is 13.7. The van der Waals surface area contributed by atoms with Crippen LogP contribution >= 0.6 is 0 Å². The van der Waals surface area contributed by atoms with Gasteiger partial charge in [0, 0.05) is 20.1 Å². The normalized spacial score (nSPS) is 25.2. The number of hydrogen-bond acceptors (Lipinski definition) is 4. The average molecular weight is 339 g/mol. The van der Waals surface area contributed by atoms with Crippen LogP contribution in [-0.4, -0.2) is 69.1 Å². The molecular formula is C15H21N3O4S. The second-order valence-corrected chi connectivity index (χ2v) is 7.92. The fourth-order valence-corrected chi connectivity index (χ4v) is 4.71. The lowest BCUT2D eigenvalue weighted by Crippen LogP contribution is -2.62. The zero-order valence-electron chi connectivity index (χ0n) is 13.2. The minimum atomic E-state index is -3.54. The van der Waals surface area contributed by atoms with Crippen LogP contribution in [0.3, 0.4) is 0 Å². The van der Waals surface area contributed by atoms with Crippen molar-refractivity contribution >= 4 is 16.1 Å². The third-order valence-electron chi connectivity index (χ3n) is 4.18. The molecule has 2 saturated heterocycles. The number of amides is 2. The summed E-state index contributed by atoms with van der Waals surface area (Å²) < 4.78 is 32.9. The predicted octanol–water partition coefficient (Wildman–Crippen LogP) is 0.408. The molecule has 2 bridgehead atoms. The number of fused-ring (bicyclic) bond motifs is 2. The van der Waals surface area contributed by atoms with Gasteiger partial charge in [0.05, 0.1) is 30.2 Å². The van der Waals surface area contributed by atoms with Crippen LogP contribution in [0.5, 0.6) is 0 Å². The molecule has 2 fully saturated rings. The number of carbonyl (C=O) groups excluding carboxylic acids is 1. The predicted molar refractivity (Wildman–Crippen MR) is 84.6 cm³/mol. The number of rotatable bonds is 2. The summed E-state index contributed by atoms with van der Waals surface area (Å²) in [6, 6.07) is 6.76. The minimum Gasteiger partial charge on any atom is -0.369 e. The van der Waals surface area contributed by atoms with Gasteiger partial charge < -0.3 is 15.0 Å². The van der Waals surface area contributed by atoms with E-state index in [4.69, 9.17) is 4.74 Å². The third kappa shape index (κ3) is 3.19. The summed E-state index contributed by atoms with van der Waals surface area (Å²) in [7, 11) is -1.95. The van der Waals surface area contributed by atoms with Crippen LogP contribution in [0, 0.1) is 6.92 Å². The number of benzene rings is 1. The van der Waals surface area contributed by atoms with Crippen LogP contribution in [0.2, 0.25) is 0 Å². The molecule has 0 radical (unpaired) electrons. The summed E-state index contributed by atoms with van der Waals surface area (Å²) in [5.41, 5.74) is 0.908. The van der Waals surface area contributed by atoms with Crippen molar-refractivity contribution in [2.75, 3.05) is 33.2 Å². The number of morpholine rings is 2. The lowest BCUT2D eigenvalue weighted by atomic mass is 10.1. The first kappa shape index (κ1) is 16.2. The lowest BCUT2D eigenvalue weighted by molar-refractivity contribution is -0.111. The Labute approximate surface area is 136 Å². The van der Waals surface area contributed by atoms with Gasteiger partial charge in [0.1, 0.15) is 0 Å². The van der Waals surface area contributed by atoms with Gasteiger partial charge in [0.15, 0.2) is 0 Å². The second kappa shape index (κ2) is 6.10. The molecule has 7 nitrogen and oxygen atoms in total. The van der Waals surface area contributed by atoms with Crippen molar-refractivity contribution in [3.63, 3.8) is 0 Å². The van der Waals surface area contributed by atoms with Crippen LogP contribution in [0.25, 0.3) is 0 Å². The van der Waals surface area contributed by atoms with Crippen molar-refractivity contribution in [2.24, 2.45) is 0 Å². The van der Waals surface area contributed by atoms with E-state index in [9.17, 15) is 13.2 Å². The Morgan fingerprint density at radius 2 is 1.87 bits per heavy atom. The largest absolute Gasteiger partial charge is 0.369 e. The van der Waals surface area contributed by atoms with Crippen molar-refractivity contribution in [3.8, 4) is 0 Å². The highest BCUT2D eigenvalue weighted by atomic mass is 32.2. The number of sulfonamides is 1. The lowest BCUT2D eigenvalue weighted by Gasteiger charge is -2.44. The first-order valence-corrected chi connectivity index (χ1v) is 9.03. The Morgan fingerprint density at radius 3 is 2.43 bits per heavy atom. The quantitative estimate of drug-likeness (QED) is 0.846. The van der Waals surface area contributed by atoms with Gasteiger partial charge in [-0.25, -0.2) is 13.2 Å². The number of aryl methyl sites for hydroxylation is 1. The van der Waals surface area contributed by atoms with Gasteiger partial charge in [-0.15, -0.1) is 0 Å². The number of nitrogens with zero attached hydrogens (tertiary/aromatic N) is 2. The molecule has 1 aromatic rings. The standard InChI is InChI=1S/C15H21N3O4S/c1-11-4-3-5-14(6-11)23(20,21)18-9-12-7-17(15(19)16-2)8-13(10-18)22-12/h3-6,12-13H,7-10H2,1-2H3,(H,16,19)/t12-,13+. The van der Waals surface area contributed by atoms with E-state index < -0.39 is 10.0 Å². The van der Waals surface area contributed by atoms with E-state index >= 15 is 0 Å². The maximum atomic E-state index is 12.8. The average Bonchev–Trinajstić information content (AvgIpc) is 2.53. The second-order valence-electron chi connectivity index (χ2n) is 5.98. The van der Waals surface area contributed by atoms with E-state index in [0.29, 0.717) is 18.0 Å². The number of ether oxygens (including phenoxy) is 1. The first-order chi connectivity index (χ1) is 10.9. The molecule has 2 heterocycles. The topological polar surface area (TPSA) is 79.0 Å². The molecule has 1 aromatic carbocycles. The molecule has 2 aliphatic heterocycles. The maximum absolute atomic E-state index is 12.8.